The molecule has 2 rings (SSSR count). The lowest BCUT2D eigenvalue weighted by Crippen LogP contribution is -2.14. The van der Waals surface area contributed by atoms with Crippen LogP contribution in [0.25, 0.3) is 0 Å². The van der Waals surface area contributed by atoms with E-state index in [0.29, 0.717) is 4.47 Å². The van der Waals surface area contributed by atoms with Crippen LogP contribution in [0.4, 0.5) is 5.69 Å². The first-order chi connectivity index (χ1) is 9.49. The Morgan fingerprint density at radius 1 is 1.40 bits per heavy atom. The van der Waals surface area contributed by atoms with Gasteiger partial charge < -0.3 is 10.5 Å². The number of hydrogen-bond donors (Lipinski definition) is 2. The number of ether oxygens (including phenoxy) is 1. The Balaban J connectivity index is 2.45. The molecular formula is C12H9BrN4O3. The van der Waals surface area contributed by atoms with Crippen molar-refractivity contribution < 1.29 is 9.66 Å². The average Bonchev–Trinajstić information content (AvgIpc) is 2.41. The van der Waals surface area contributed by atoms with Crippen molar-refractivity contribution in [3.63, 3.8) is 0 Å². The molecule has 0 aliphatic rings. The zero-order valence-electron chi connectivity index (χ0n) is 10.0. The summed E-state index contributed by atoms with van der Waals surface area (Å²) in [6.07, 6.45) is 1.46. The molecule has 0 spiro atoms. The molecule has 0 fully saturated rings. The summed E-state index contributed by atoms with van der Waals surface area (Å²) in [5.74, 6) is -0.0421. The molecular weight excluding hydrogens is 328 g/mol. The van der Waals surface area contributed by atoms with Gasteiger partial charge in [0.25, 0.3) is 0 Å². The normalized spacial score (nSPS) is 10.1. The first-order valence-corrected chi connectivity index (χ1v) is 6.19. The number of pyridine rings is 1. The SMILES string of the molecule is N=C(N)c1ncccc1Oc1ccc(Br)cc1[N+](=O)[O-]. The van der Waals surface area contributed by atoms with Crippen LogP contribution < -0.4 is 10.5 Å². The van der Waals surface area contributed by atoms with Gasteiger partial charge in [-0.1, -0.05) is 15.9 Å². The maximum Gasteiger partial charge on any atom is 0.312 e. The van der Waals surface area contributed by atoms with E-state index in [-0.39, 0.29) is 28.7 Å². The van der Waals surface area contributed by atoms with E-state index in [1.807, 2.05) is 0 Å². The predicted molar refractivity (Wildman–Crippen MR) is 76.1 cm³/mol. The second-order valence-electron chi connectivity index (χ2n) is 3.74. The van der Waals surface area contributed by atoms with Gasteiger partial charge in [0.05, 0.1) is 4.92 Å². The Labute approximate surface area is 122 Å². The van der Waals surface area contributed by atoms with Crippen LogP contribution in [0.3, 0.4) is 0 Å². The van der Waals surface area contributed by atoms with Gasteiger partial charge >= 0.3 is 5.69 Å². The summed E-state index contributed by atoms with van der Waals surface area (Å²) < 4.78 is 6.04. The maximum atomic E-state index is 11.0. The average molecular weight is 337 g/mol. The highest BCUT2D eigenvalue weighted by molar-refractivity contribution is 9.10. The van der Waals surface area contributed by atoms with E-state index in [1.54, 1.807) is 12.1 Å². The van der Waals surface area contributed by atoms with E-state index in [4.69, 9.17) is 15.9 Å². The van der Waals surface area contributed by atoms with E-state index < -0.39 is 4.92 Å². The second kappa shape index (κ2) is 5.66. The van der Waals surface area contributed by atoms with Crippen molar-refractivity contribution in [2.75, 3.05) is 0 Å². The van der Waals surface area contributed by atoms with E-state index >= 15 is 0 Å². The van der Waals surface area contributed by atoms with Crippen LogP contribution in [-0.2, 0) is 0 Å². The van der Waals surface area contributed by atoms with Crippen molar-refractivity contribution in [3.05, 3.63) is 56.8 Å². The fourth-order valence-corrected chi connectivity index (χ4v) is 1.86. The summed E-state index contributed by atoms with van der Waals surface area (Å²) in [6.45, 7) is 0. The summed E-state index contributed by atoms with van der Waals surface area (Å²) >= 11 is 3.16. The molecule has 1 aromatic carbocycles. The lowest BCUT2D eigenvalue weighted by Gasteiger charge is -2.09. The van der Waals surface area contributed by atoms with Gasteiger partial charge in [-0.05, 0) is 24.3 Å². The largest absolute Gasteiger partial charge is 0.448 e. The summed E-state index contributed by atoms with van der Waals surface area (Å²) in [4.78, 5) is 14.4. The number of amidine groups is 1. The fraction of sp³-hybridized carbons (Fsp3) is 0. The molecule has 0 unspecified atom stereocenters. The number of halogens is 1. The number of nitrogen functional groups attached to an aromatic ring is 1. The van der Waals surface area contributed by atoms with Crippen molar-refractivity contribution >= 4 is 27.5 Å². The molecule has 20 heavy (non-hydrogen) atoms. The molecule has 3 N–H and O–H groups in total. The van der Waals surface area contributed by atoms with Crippen molar-refractivity contribution in [2.45, 2.75) is 0 Å². The Morgan fingerprint density at radius 3 is 2.80 bits per heavy atom. The van der Waals surface area contributed by atoms with E-state index in [1.165, 1.54) is 24.4 Å². The zero-order valence-corrected chi connectivity index (χ0v) is 11.6. The third-order valence-corrected chi connectivity index (χ3v) is 2.86. The molecule has 0 amide bonds. The molecule has 0 saturated heterocycles. The summed E-state index contributed by atoms with van der Waals surface area (Å²) in [5.41, 5.74) is 5.32. The van der Waals surface area contributed by atoms with Crippen molar-refractivity contribution in [1.82, 2.24) is 4.98 Å². The highest BCUT2D eigenvalue weighted by Crippen LogP contribution is 2.34. The number of nitrogens with one attached hydrogen (secondary N) is 1. The lowest BCUT2D eigenvalue weighted by atomic mass is 10.2. The number of nitro benzene ring substituents is 1. The van der Waals surface area contributed by atoms with Gasteiger partial charge in [0.1, 0.15) is 11.5 Å². The molecule has 7 nitrogen and oxygen atoms in total. The molecule has 0 atom stereocenters. The van der Waals surface area contributed by atoms with Gasteiger partial charge in [0.2, 0.25) is 5.75 Å². The van der Waals surface area contributed by atoms with Crippen LogP contribution >= 0.6 is 15.9 Å². The number of aromatic nitrogens is 1. The molecule has 1 aromatic heterocycles. The fourth-order valence-electron chi connectivity index (χ4n) is 1.51. The van der Waals surface area contributed by atoms with Gasteiger partial charge in [-0.2, -0.15) is 0 Å². The number of rotatable bonds is 4. The van der Waals surface area contributed by atoms with Gasteiger partial charge in [-0.3, -0.25) is 15.5 Å². The van der Waals surface area contributed by atoms with Gasteiger partial charge in [-0.15, -0.1) is 0 Å². The third kappa shape index (κ3) is 2.91. The molecule has 8 heteroatoms. The van der Waals surface area contributed by atoms with Gasteiger partial charge in [0, 0.05) is 16.7 Å². The minimum atomic E-state index is -0.552. The van der Waals surface area contributed by atoms with Crippen LogP contribution in [-0.4, -0.2) is 15.7 Å². The molecule has 1 heterocycles. The first kappa shape index (κ1) is 13.9. The molecule has 0 aliphatic carbocycles. The first-order valence-electron chi connectivity index (χ1n) is 5.40. The van der Waals surface area contributed by atoms with Crippen molar-refractivity contribution in [3.8, 4) is 11.5 Å². The number of hydrogen-bond acceptors (Lipinski definition) is 5. The van der Waals surface area contributed by atoms with Crippen LogP contribution in [0, 0.1) is 15.5 Å². The standard InChI is InChI=1S/C12H9BrN4O3/c13-7-3-4-9(8(6-7)17(18)19)20-10-2-1-5-16-11(10)12(14)15/h1-6H,(H3,14,15). The van der Waals surface area contributed by atoms with E-state index in [9.17, 15) is 10.1 Å². The third-order valence-electron chi connectivity index (χ3n) is 2.36. The summed E-state index contributed by atoms with van der Waals surface area (Å²) in [6, 6.07) is 7.53. The van der Waals surface area contributed by atoms with Crippen LogP contribution in [0.5, 0.6) is 11.5 Å². The summed E-state index contributed by atoms with van der Waals surface area (Å²) in [5, 5.41) is 18.4. The minimum absolute atomic E-state index is 0.0497. The quantitative estimate of drug-likeness (QED) is 0.385. The topological polar surface area (TPSA) is 115 Å². The lowest BCUT2D eigenvalue weighted by molar-refractivity contribution is -0.385. The molecule has 0 saturated carbocycles. The van der Waals surface area contributed by atoms with Crippen LogP contribution in [0.2, 0.25) is 0 Å². The Bertz CT molecular complexity index is 690. The number of benzene rings is 1. The Hall–Kier alpha value is -2.48. The molecule has 0 radical (unpaired) electrons. The predicted octanol–water partition coefficient (Wildman–Crippen LogP) is 2.83. The van der Waals surface area contributed by atoms with Crippen molar-refractivity contribution in [2.24, 2.45) is 5.73 Å². The van der Waals surface area contributed by atoms with Crippen molar-refractivity contribution in [1.29, 1.82) is 5.41 Å². The monoisotopic (exact) mass is 336 g/mol. The number of nitrogens with zero attached hydrogens (tertiary/aromatic N) is 2. The number of nitro groups is 1. The summed E-state index contributed by atoms with van der Waals surface area (Å²) in [7, 11) is 0. The molecule has 0 bridgehead atoms. The smallest absolute Gasteiger partial charge is 0.312 e. The number of nitrogens with two attached hydrogens (primary N) is 1. The van der Waals surface area contributed by atoms with Crippen LogP contribution in [0.15, 0.2) is 41.0 Å². The molecule has 2 aromatic rings. The highest BCUT2D eigenvalue weighted by Gasteiger charge is 2.18. The maximum absolute atomic E-state index is 11.0. The van der Waals surface area contributed by atoms with Gasteiger partial charge in [0.15, 0.2) is 5.75 Å². The Morgan fingerprint density at radius 2 is 2.15 bits per heavy atom. The van der Waals surface area contributed by atoms with E-state index in [0.717, 1.165) is 0 Å². The zero-order chi connectivity index (χ0) is 14.7. The minimum Gasteiger partial charge on any atom is -0.448 e. The Kier molecular flexibility index (Phi) is 3.94. The van der Waals surface area contributed by atoms with Crippen LogP contribution in [0.1, 0.15) is 5.69 Å². The molecule has 102 valence electrons. The molecule has 0 aliphatic heterocycles. The second-order valence-corrected chi connectivity index (χ2v) is 4.65. The van der Waals surface area contributed by atoms with E-state index in [2.05, 4.69) is 20.9 Å². The highest BCUT2D eigenvalue weighted by atomic mass is 79.9. The van der Waals surface area contributed by atoms with Gasteiger partial charge in [-0.25, -0.2) is 4.98 Å².